The average Bonchev–Trinajstić information content (AvgIpc) is 1.81. The molecule has 0 rings (SSSR count). The number of hydrogen-bond donors (Lipinski definition) is 1. The average molecular weight is 145 g/mol. The van der Waals surface area contributed by atoms with E-state index in [-0.39, 0.29) is 12.3 Å². The number of ketones is 1. The highest BCUT2D eigenvalue weighted by Gasteiger charge is 2.10. The van der Waals surface area contributed by atoms with E-state index in [2.05, 4.69) is 11.0 Å². The van der Waals surface area contributed by atoms with Gasteiger partial charge in [-0.1, -0.05) is 0 Å². The third-order valence-corrected chi connectivity index (χ3v) is 0.725. The van der Waals surface area contributed by atoms with Crippen molar-refractivity contribution in [2.24, 2.45) is 11.0 Å². The van der Waals surface area contributed by atoms with E-state index in [0.717, 1.165) is 0 Å². The fourth-order valence-corrected chi connectivity index (χ4v) is 0.358. The van der Waals surface area contributed by atoms with Crippen LogP contribution < -0.4 is 5.73 Å². The largest absolute Gasteiger partial charge is 0.350 e. The molecule has 0 saturated carbocycles. The monoisotopic (exact) mass is 145 g/mol. The van der Waals surface area contributed by atoms with Gasteiger partial charge in [0.15, 0.2) is 5.78 Å². The molecule has 6 heteroatoms. The molecule has 0 aliphatic rings. The number of carbonyl (C=O) groups is 2. The van der Waals surface area contributed by atoms with Gasteiger partial charge < -0.3 is 5.73 Å². The van der Waals surface area contributed by atoms with Crippen molar-refractivity contribution < 1.29 is 9.59 Å². The van der Waals surface area contributed by atoms with Crippen LogP contribution in [0, 0.1) is 4.91 Å². The Morgan fingerprint density at radius 1 is 1.60 bits per heavy atom. The molecule has 2 amide bonds. The molecule has 0 aromatic rings. The molecule has 0 unspecified atom stereocenters. The van der Waals surface area contributed by atoms with Crippen LogP contribution in [0.2, 0.25) is 0 Å². The fourth-order valence-electron chi connectivity index (χ4n) is 0.358. The van der Waals surface area contributed by atoms with Gasteiger partial charge in [0.05, 0.1) is 5.29 Å². The zero-order valence-electron chi connectivity index (χ0n) is 5.40. The predicted molar refractivity (Wildman–Crippen MR) is 32.8 cm³/mol. The van der Waals surface area contributed by atoms with E-state index in [1.54, 1.807) is 0 Å². The molecule has 0 atom stereocenters. The molecule has 0 aliphatic carbocycles. The highest BCUT2D eigenvalue weighted by molar-refractivity contribution is 5.82. The molecule has 0 heterocycles. The molecule has 2 N–H and O–H groups in total. The molecule has 56 valence electrons. The lowest BCUT2D eigenvalue weighted by Crippen LogP contribution is -2.34. The van der Waals surface area contributed by atoms with Crippen molar-refractivity contribution in [3.63, 3.8) is 0 Å². The summed E-state index contributed by atoms with van der Waals surface area (Å²) in [5.41, 5.74) is 4.64. The summed E-state index contributed by atoms with van der Waals surface area (Å²) in [5.74, 6) is -0.349. The zero-order valence-corrected chi connectivity index (χ0v) is 5.40. The van der Waals surface area contributed by atoms with Gasteiger partial charge in [0, 0.05) is 0 Å². The number of rotatable bonds is 3. The first kappa shape index (κ1) is 8.54. The van der Waals surface area contributed by atoms with Gasteiger partial charge in [-0.3, -0.25) is 4.79 Å². The Bertz CT molecular complexity index is 167. The number of carbonyl (C=O) groups excluding carboxylic acids is 2. The number of nitrogens with zero attached hydrogens (tertiary/aromatic N) is 2. The van der Waals surface area contributed by atoms with Gasteiger partial charge in [0.2, 0.25) is 0 Å². The van der Waals surface area contributed by atoms with Gasteiger partial charge in [-0.05, 0) is 6.92 Å². The summed E-state index contributed by atoms with van der Waals surface area (Å²) < 4.78 is 0. The first-order valence-corrected chi connectivity index (χ1v) is 2.47. The zero-order chi connectivity index (χ0) is 8.15. The van der Waals surface area contributed by atoms with Crippen molar-refractivity contribution in [1.82, 2.24) is 5.01 Å². The lowest BCUT2D eigenvalue weighted by molar-refractivity contribution is -0.117. The maximum Gasteiger partial charge on any atom is 0.338 e. The van der Waals surface area contributed by atoms with E-state index in [1.807, 2.05) is 0 Å². The van der Waals surface area contributed by atoms with Gasteiger partial charge in [0.25, 0.3) is 0 Å². The van der Waals surface area contributed by atoms with E-state index >= 15 is 0 Å². The van der Waals surface area contributed by atoms with Crippen LogP contribution in [0.5, 0.6) is 0 Å². The lowest BCUT2D eigenvalue weighted by Gasteiger charge is -2.05. The van der Waals surface area contributed by atoms with Gasteiger partial charge in [0.1, 0.15) is 6.54 Å². The Balaban J connectivity index is 3.96. The summed E-state index contributed by atoms with van der Waals surface area (Å²) >= 11 is 0. The second-order valence-electron chi connectivity index (χ2n) is 1.68. The smallest absolute Gasteiger partial charge is 0.338 e. The number of nitrogens with two attached hydrogens (primary N) is 1. The molecular formula is C4H7N3O3. The maximum absolute atomic E-state index is 10.3. The van der Waals surface area contributed by atoms with E-state index in [1.165, 1.54) is 6.92 Å². The van der Waals surface area contributed by atoms with Gasteiger partial charge >= 0.3 is 6.03 Å². The summed E-state index contributed by atoms with van der Waals surface area (Å²) in [6, 6.07) is -1.02. The summed E-state index contributed by atoms with van der Waals surface area (Å²) in [6.45, 7) is 0.861. The van der Waals surface area contributed by atoms with Crippen molar-refractivity contribution in [3.05, 3.63) is 4.91 Å². The van der Waals surface area contributed by atoms with Gasteiger partial charge in [-0.2, -0.15) is 5.01 Å². The van der Waals surface area contributed by atoms with E-state index in [0.29, 0.717) is 5.01 Å². The van der Waals surface area contributed by atoms with Crippen LogP contribution in [0.15, 0.2) is 5.29 Å². The number of urea groups is 1. The van der Waals surface area contributed by atoms with Crippen molar-refractivity contribution >= 4 is 11.8 Å². The van der Waals surface area contributed by atoms with Crippen LogP contribution in [-0.2, 0) is 4.79 Å². The standard InChI is InChI=1S/C4H7N3O3/c1-3(8)2-7(6-10)4(5)9/h2H2,1H3,(H2,5,9). The quantitative estimate of drug-likeness (QED) is 0.434. The number of primary amides is 1. The van der Waals surface area contributed by atoms with Crippen molar-refractivity contribution in [2.75, 3.05) is 6.54 Å². The second kappa shape index (κ2) is 3.54. The molecule has 10 heavy (non-hydrogen) atoms. The molecule has 0 aromatic carbocycles. The Morgan fingerprint density at radius 2 is 2.10 bits per heavy atom. The Hall–Kier alpha value is -1.46. The minimum Gasteiger partial charge on any atom is -0.350 e. The normalized spacial score (nSPS) is 8.50. The first-order valence-electron chi connectivity index (χ1n) is 2.47. The fraction of sp³-hybridized carbons (Fsp3) is 0.500. The van der Waals surface area contributed by atoms with E-state index in [4.69, 9.17) is 0 Å². The van der Waals surface area contributed by atoms with Crippen molar-refractivity contribution in [2.45, 2.75) is 6.92 Å². The molecule has 0 aromatic heterocycles. The first-order chi connectivity index (χ1) is 4.57. The van der Waals surface area contributed by atoms with Gasteiger partial charge in [-0.25, -0.2) is 4.79 Å². The minimum atomic E-state index is -1.02. The van der Waals surface area contributed by atoms with E-state index in [9.17, 15) is 14.5 Å². The Morgan fingerprint density at radius 3 is 2.20 bits per heavy atom. The predicted octanol–water partition coefficient (Wildman–Crippen LogP) is -0.362. The second-order valence-corrected chi connectivity index (χ2v) is 1.68. The SMILES string of the molecule is CC(=O)CN(N=O)C(N)=O. The molecular weight excluding hydrogens is 138 g/mol. The highest BCUT2D eigenvalue weighted by Crippen LogP contribution is 1.87. The summed E-state index contributed by atoms with van der Waals surface area (Å²) in [5, 5.41) is 2.57. The Labute approximate surface area is 56.9 Å². The number of nitroso groups, excluding NO2 is 1. The highest BCUT2D eigenvalue weighted by atomic mass is 16.3. The van der Waals surface area contributed by atoms with Crippen LogP contribution in [0.1, 0.15) is 6.92 Å². The molecule has 0 fully saturated rings. The number of amides is 2. The molecule has 0 saturated heterocycles. The molecule has 0 aliphatic heterocycles. The number of hydrogen-bond acceptors (Lipinski definition) is 4. The minimum absolute atomic E-state index is 0.349. The van der Waals surface area contributed by atoms with Crippen LogP contribution in [-0.4, -0.2) is 23.4 Å². The van der Waals surface area contributed by atoms with Gasteiger partial charge in [-0.15, -0.1) is 4.91 Å². The topological polar surface area (TPSA) is 92.8 Å². The molecule has 0 spiro atoms. The third-order valence-electron chi connectivity index (χ3n) is 0.725. The summed E-state index contributed by atoms with van der Waals surface area (Å²) in [6.07, 6.45) is 0. The molecule has 0 bridgehead atoms. The number of Topliss-reactive ketones (excluding diaryl/α,β-unsaturated/α-hetero) is 1. The lowest BCUT2D eigenvalue weighted by atomic mass is 10.4. The van der Waals surface area contributed by atoms with Crippen molar-refractivity contribution in [3.8, 4) is 0 Å². The van der Waals surface area contributed by atoms with Crippen LogP contribution in [0.3, 0.4) is 0 Å². The summed E-state index contributed by atoms with van der Waals surface area (Å²) in [7, 11) is 0. The van der Waals surface area contributed by atoms with Crippen molar-refractivity contribution in [1.29, 1.82) is 0 Å². The third kappa shape index (κ3) is 2.75. The molecule has 0 radical (unpaired) electrons. The Kier molecular flexibility index (Phi) is 3.03. The van der Waals surface area contributed by atoms with Crippen LogP contribution >= 0.6 is 0 Å². The maximum atomic E-state index is 10.3. The van der Waals surface area contributed by atoms with Crippen LogP contribution in [0.25, 0.3) is 0 Å². The molecule has 6 nitrogen and oxygen atoms in total. The van der Waals surface area contributed by atoms with E-state index < -0.39 is 6.03 Å². The summed E-state index contributed by atoms with van der Waals surface area (Å²) in [4.78, 5) is 30.1. The van der Waals surface area contributed by atoms with Crippen LogP contribution in [0.4, 0.5) is 4.79 Å².